The molecule has 0 bridgehead atoms. The molecule has 0 N–H and O–H groups in total. The van der Waals surface area contributed by atoms with Crippen molar-refractivity contribution < 1.29 is 61.5 Å². The van der Waals surface area contributed by atoms with Gasteiger partial charge in [-0.15, -0.1) is 0 Å². The summed E-state index contributed by atoms with van der Waals surface area (Å²) in [5.41, 5.74) is -12.6. The van der Waals surface area contributed by atoms with Crippen LogP contribution in [0.5, 0.6) is 0 Å². The minimum atomic E-state index is -6.00. The molecule has 244 valence electrons. The van der Waals surface area contributed by atoms with Crippen LogP contribution in [0.3, 0.4) is 0 Å². The molecule has 7 rings (SSSR count). The van der Waals surface area contributed by atoms with Gasteiger partial charge in [0.1, 0.15) is 11.1 Å². The van der Waals surface area contributed by atoms with Gasteiger partial charge in [0.25, 0.3) is 0 Å². The van der Waals surface area contributed by atoms with Crippen molar-refractivity contribution in [3.8, 4) is 22.3 Å². The van der Waals surface area contributed by atoms with Crippen molar-refractivity contribution in [1.82, 2.24) is 0 Å². The Morgan fingerprint density at radius 2 is 0.750 bits per heavy atom. The van der Waals surface area contributed by atoms with E-state index in [0.29, 0.717) is 16.8 Å². The van der Waals surface area contributed by atoms with Gasteiger partial charge in [-0.05, 0) is 54.7 Å². The quantitative estimate of drug-likeness (QED) is 0.0736. The SMILES string of the molecule is Fc1c(F)c(C(F)(F)F)c(F)c(F)c1-c1cc2cccc3c4cccc5cccc(c(c1-c1c(F)c(F)c(C(F)(F)F)c(F)c1F)c23)c54. The third-order valence-electron chi connectivity index (χ3n) is 8.24. The lowest BCUT2D eigenvalue weighted by Crippen LogP contribution is -2.17. The maximum absolute atomic E-state index is 15.9. The van der Waals surface area contributed by atoms with Gasteiger partial charge >= 0.3 is 12.4 Å². The molecule has 0 aromatic heterocycles. The summed E-state index contributed by atoms with van der Waals surface area (Å²) in [6, 6.07) is 13.8. The summed E-state index contributed by atoms with van der Waals surface area (Å²) in [5.74, 6) is -22.7. The van der Waals surface area contributed by atoms with Gasteiger partial charge in [-0.2, -0.15) is 26.3 Å². The van der Waals surface area contributed by atoms with Crippen LogP contribution in [0.4, 0.5) is 61.5 Å². The summed E-state index contributed by atoms with van der Waals surface area (Å²) in [6.07, 6.45) is -12.0. The Labute approximate surface area is 257 Å². The Hall–Kier alpha value is -5.14. The third kappa shape index (κ3) is 4.16. The Bertz CT molecular complexity index is 2440. The van der Waals surface area contributed by atoms with Crippen LogP contribution in [0.1, 0.15) is 11.1 Å². The summed E-state index contributed by atoms with van der Waals surface area (Å²) >= 11 is 0. The van der Waals surface area contributed by atoms with Crippen LogP contribution >= 0.6 is 0 Å². The van der Waals surface area contributed by atoms with Gasteiger partial charge in [-0.25, -0.2) is 35.1 Å². The molecule has 0 spiro atoms. The molecule has 0 radical (unpaired) electrons. The number of alkyl halides is 6. The molecule has 0 unspecified atom stereocenters. The van der Waals surface area contributed by atoms with E-state index < -0.39 is 97.7 Å². The first-order chi connectivity index (χ1) is 22.5. The zero-order valence-electron chi connectivity index (χ0n) is 23.1. The zero-order chi connectivity index (χ0) is 34.8. The molecular weight excluding hydrogens is 674 g/mol. The van der Waals surface area contributed by atoms with Crippen molar-refractivity contribution in [2.45, 2.75) is 12.4 Å². The van der Waals surface area contributed by atoms with Gasteiger partial charge in [0.2, 0.25) is 0 Å². The van der Waals surface area contributed by atoms with E-state index in [-0.39, 0.29) is 26.9 Å². The van der Waals surface area contributed by atoms with Crippen molar-refractivity contribution in [1.29, 1.82) is 0 Å². The molecule has 0 aliphatic heterocycles. The minimum absolute atomic E-state index is 0.0318. The van der Waals surface area contributed by atoms with Crippen LogP contribution in [0, 0.1) is 46.5 Å². The molecule has 0 saturated carbocycles. The second-order valence-electron chi connectivity index (χ2n) is 10.8. The normalized spacial score (nSPS) is 12.8. The molecule has 0 fully saturated rings. The molecule has 48 heavy (non-hydrogen) atoms. The molecule has 0 atom stereocenters. The highest BCUT2D eigenvalue weighted by molar-refractivity contribution is 6.36. The van der Waals surface area contributed by atoms with E-state index in [2.05, 4.69) is 0 Å². The number of halogens is 14. The topological polar surface area (TPSA) is 0 Å². The van der Waals surface area contributed by atoms with Gasteiger partial charge in [-0.3, -0.25) is 0 Å². The lowest BCUT2D eigenvalue weighted by Gasteiger charge is -2.23. The smallest absolute Gasteiger partial charge is 0.203 e. The maximum Gasteiger partial charge on any atom is 0.422 e. The van der Waals surface area contributed by atoms with Crippen LogP contribution in [0.15, 0.2) is 60.7 Å². The van der Waals surface area contributed by atoms with Crippen LogP contribution in [-0.4, -0.2) is 0 Å². The van der Waals surface area contributed by atoms with E-state index >= 15 is 26.3 Å². The summed E-state index contributed by atoms with van der Waals surface area (Å²) in [4.78, 5) is 0. The minimum Gasteiger partial charge on any atom is -0.203 e. The average molecular weight is 684 g/mol. The van der Waals surface area contributed by atoms with Gasteiger partial charge < -0.3 is 0 Å². The number of hydrogen-bond acceptors (Lipinski definition) is 0. The predicted molar refractivity (Wildman–Crippen MR) is 148 cm³/mol. The summed E-state index contributed by atoms with van der Waals surface area (Å²) < 4.78 is 204. The molecule has 7 aromatic rings. The lowest BCUT2D eigenvalue weighted by atomic mass is 9.81. The average Bonchev–Trinajstić information content (AvgIpc) is 3.01. The highest BCUT2D eigenvalue weighted by atomic mass is 19.4. The van der Waals surface area contributed by atoms with Crippen LogP contribution in [0.2, 0.25) is 0 Å². The van der Waals surface area contributed by atoms with Crippen molar-refractivity contribution >= 4 is 43.1 Å². The Balaban J connectivity index is 1.82. The molecule has 0 aliphatic carbocycles. The first-order valence-electron chi connectivity index (χ1n) is 13.5. The highest BCUT2D eigenvalue weighted by Crippen LogP contribution is 2.52. The number of rotatable bonds is 2. The van der Waals surface area contributed by atoms with Crippen molar-refractivity contribution in [2.75, 3.05) is 0 Å². The van der Waals surface area contributed by atoms with Gasteiger partial charge in [0.15, 0.2) is 46.5 Å². The molecule has 0 aliphatic rings. The third-order valence-corrected chi connectivity index (χ3v) is 8.24. The monoisotopic (exact) mass is 684 g/mol. The Kier molecular flexibility index (Phi) is 6.67. The Morgan fingerprint density at radius 3 is 1.21 bits per heavy atom. The fourth-order valence-corrected chi connectivity index (χ4v) is 6.40. The highest BCUT2D eigenvalue weighted by Gasteiger charge is 2.45. The van der Waals surface area contributed by atoms with Gasteiger partial charge in [-0.1, -0.05) is 54.6 Å². The van der Waals surface area contributed by atoms with Gasteiger partial charge in [0.05, 0.1) is 11.1 Å². The van der Waals surface area contributed by atoms with Crippen LogP contribution in [0.25, 0.3) is 65.3 Å². The largest absolute Gasteiger partial charge is 0.422 e. The number of fused-ring (bicyclic) bond motifs is 2. The second-order valence-corrected chi connectivity index (χ2v) is 10.8. The van der Waals surface area contributed by atoms with Crippen molar-refractivity contribution in [3.05, 3.63) is 118 Å². The van der Waals surface area contributed by atoms with E-state index in [1.807, 2.05) is 0 Å². The predicted octanol–water partition coefficient (Wildman–Crippen LogP) is 12.2. The number of benzene rings is 7. The maximum atomic E-state index is 15.9. The van der Waals surface area contributed by atoms with Gasteiger partial charge in [0, 0.05) is 5.56 Å². The first kappa shape index (κ1) is 31.5. The molecule has 0 heterocycles. The summed E-state index contributed by atoms with van der Waals surface area (Å²) in [6.45, 7) is 0. The first-order valence-corrected chi connectivity index (χ1v) is 13.5. The zero-order valence-corrected chi connectivity index (χ0v) is 23.1. The second kappa shape index (κ2) is 10.2. The van der Waals surface area contributed by atoms with E-state index in [0.717, 1.165) is 0 Å². The fraction of sp³-hybridized carbons (Fsp3) is 0.0588. The lowest BCUT2D eigenvalue weighted by molar-refractivity contribution is -0.144. The van der Waals surface area contributed by atoms with E-state index in [4.69, 9.17) is 0 Å². The fourth-order valence-electron chi connectivity index (χ4n) is 6.40. The summed E-state index contributed by atoms with van der Waals surface area (Å²) in [7, 11) is 0. The van der Waals surface area contributed by atoms with Crippen molar-refractivity contribution in [3.63, 3.8) is 0 Å². The van der Waals surface area contributed by atoms with Crippen LogP contribution < -0.4 is 0 Å². The molecule has 7 aromatic carbocycles. The van der Waals surface area contributed by atoms with E-state index in [9.17, 15) is 35.1 Å². The van der Waals surface area contributed by atoms with E-state index in [1.54, 1.807) is 24.3 Å². The molecule has 14 heteroatoms. The van der Waals surface area contributed by atoms with Crippen molar-refractivity contribution in [2.24, 2.45) is 0 Å². The van der Waals surface area contributed by atoms with Crippen LogP contribution in [-0.2, 0) is 12.4 Å². The van der Waals surface area contributed by atoms with E-state index in [1.165, 1.54) is 30.3 Å². The molecule has 0 nitrogen and oxygen atoms in total. The Morgan fingerprint density at radius 1 is 0.354 bits per heavy atom. The summed E-state index contributed by atoms with van der Waals surface area (Å²) in [5, 5.41) is 0.733. The molecular formula is C34H10F14. The molecule has 0 amide bonds. The standard InChI is InChI=1S/C34H10F14/c35-25-21(26(36)30(40)23(29(25)39)33(43,44)45)16-10-12-6-3-8-14-13-7-1-4-11-5-2-9-15(17(11)13)19(18(12)14)20(16)22-27(37)31(41)24(34(46,47)48)32(42)28(22)38/h1-10H. The number of hydrogen-bond donors (Lipinski definition) is 0. The molecule has 0 saturated heterocycles.